The number of nitrogens with one attached hydrogen (secondary N) is 1. The highest BCUT2D eigenvalue weighted by molar-refractivity contribution is 4.99. The molecule has 1 heterocycles. The Morgan fingerprint density at radius 2 is 2.00 bits per heavy atom. The zero-order chi connectivity index (χ0) is 10.7. The first-order valence-electron chi connectivity index (χ1n) is 6.12. The molecule has 2 aliphatic rings. The Bertz CT molecular complexity index is 198. The molecule has 15 heavy (non-hydrogen) atoms. The fourth-order valence-electron chi connectivity index (χ4n) is 3.06. The van der Waals surface area contributed by atoms with Crippen molar-refractivity contribution in [3.05, 3.63) is 0 Å². The van der Waals surface area contributed by atoms with E-state index in [4.69, 9.17) is 9.47 Å². The third-order valence-electron chi connectivity index (χ3n) is 4.24. The lowest BCUT2D eigenvalue weighted by Crippen LogP contribution is -2.58. The Morgan fingerprint density at radius 3 is 2.40 bits per heavy atom. The van der Waals surface area contributed by atoms with E-state index in [1.54, 1.807) is 0 Å². The van der Waals surface area contributed by atoms with Crippen LogP contribution in [0.15, 0.2) is 0 Å². The Labute approximate surface area is 92.5 Å². The van der Waals surface area contributed by atoms with Crippen LogP contribution < -0.4 is 5.32 Å². The van der Waals surface area contributed by atoms with Gasteiger partial charge in [0.15, 0.2) is 0 Å². The van der Waals surface area contributed by atoms with E-state index >= 15 is 0 Å². The molecule has 0 radical (unpaired) electrons. The number of likely N-dealkylation sites (N-methyl/N-ethyl adjacent to an activating group) is 1. The third kappa shape index (κ3) is 2.05. The predicted octanol–water partition coefficient (Wildman–Crippen LogP) is 1.57. The summed E-state index contributed by atoms with van der Waals surface area (Å²) in [6, 6.07) is 0.514. The maximum absolute atomic E-state index is 5.85. The second-order valence-corrected chi connectivity index (χ2v) is 4.84. The summed E-state index contributed by atoms with van der Waals surface area (Å²) in [5, 5.41) is 3.48. The minimum absolute atomic E-state index is 0.0259. The molecular weight excluding hydrogens is 190 g/mol. The van der Waals surface area contributed by atoms with Gasteiger partial charge in [-0.15, -0.1) is 0 Å². The first-order chi connectivity index (χ1) is 7.32. The molecule has 2 fully saturated rings. The van der Waals surface area contributed by atoms with Gasteiger partial charge in [0.2, 0.25) is 0 Å². The SMILES string of the molecule is CNC(C1CCC1)C1(OC)CCOCC1. The van der Waals surface area contributed by atoms with E-state index in [-0.39, 0.29) is 5.60 Å². The highest BCUT2D eigenvalue weighted by Gasteiger charge is 2.45. The van der Waals surface area contributed by atoms with E-state index in [0.29, 0.717) is 6.04 Å². The number of ether oxygens (including phenoxy) is 2. The number of hydrogen-bond acceptors (Lipinski definition) is 3. The fourth-order valence-corrected chi connectivity index (χ4v) is 3.06. The summed E-state index contributed by atoms with van der Waals surface area (Å²) in [6.07, 6.45) is 6.17. The molecule has 0 spiro atoms. The van der Waals surface area contributed by atoms with Gasteiger partial charge >= 0.3 is 0 Å². The standard InChI is InChI=1S/C12H23NO2/c1-13-11(10-4-3-5-10)12(14-2)6-8-15-9-7-12/h10-11,13H,3-9H2,1-2H3. The Hall–Kier alpha value is -0.120. The minimum atomic E-state index is 0.0259. The normalized spacial score (nSPS) is 28.4. The molecule has 0 aromatic rings. The Kier molecular flexibility index (Phi) is 3.65. The van der Waals surface area contributed by atoms with Crippen molar-refractivity contribution in [2.24, 2.45) is 5.92 Å². The maximum Gasteiger partial charge on any atom is 0.0877 e. The minimum Gasteiger partial charge on any atom is -0.381 e. The van der Waals surface area contributed by atoms with Crippen molar-refractivity contribution in [3.8, 4) is 0 Å². The lowest BCUT2D eigenvalue weighted by Gasteiger charge is -2.48. The van der Waals surface area contributed by atoms with Gasteiger partial charge in [-0.3, -0.25) is 0 Å². The van der Waals surface area contributed by atoms with Crippen LogP contribution in [0.5, 0.6) is 0 Å². The van der Waals surface area contributed by atoms with Crippen molar-refractivity contribution in [2.45, 2.75) is 43.7 Å². The molecule has 1 N–H and O–H groups in total. The molecule has 1 aliphatic carbocycles. The van der Waals surface area contributed by atoms with Gasteiger partial charge in [-0.2, -0.15) is 0 Å². The van der Waals surface area contributed by atoms with Crippen molar-refractivity contribution in [3.63, 3.8) is 0 Å². The van der Waals surface area contributed by atoms with Crippen LogP contribution in [-0.4, -0.2) is 39.0 Å². The average Bonchev–Trinajstić information content (AvgIpc) is 2.24. The van der Waals surface area contributed by atoms with E-state index in [1.165, 1.54) is 19.3 Å². The van der Waals surface area contributed by atoms with Crippen LogP contribution in [0.4, 0.5) is 0 Å². The van der Waals surface area contributed by atoms with Crippen molar-refractivity contribution < 1.29 is 9.47 Å². The molecule has 3 heteroatoms. The third-order valence-corrected chi connectivity index (χ3v) is 4.24. The maximum atomic E-state index is 5.85. The molecule has 0 aromatic heterocycles. The van der Waals surface area contributed by atoms with Crippen molar-refractivity contribution in [1.82, 2.24) is 5.32 Å². The summed E-state index contributed by atoms with van der Waals surface area (Å²) in [7, 11) is 3.92. The summed E-state index contributed by atoms with van der Waals surface area (Å²) in [5.74, 6) is 0.813. The molecule has 1 atom stereocenters. The number of methoxy groups -OCH3 is 1. The summed E-state index contributed by atoms with van der Waals surface area (Å²) >= 11 is 0. The van der Waals surface area contributed by atoms with Gasteiger partial charge in [0.1, 0.15) is 0 Å². The average molecular weight is 213 g/mol. The largest absolute Gasteiger partial charge is 0.381 e. The van der Waals surface area contributed by atoms with E-state index in [2.05, 4.69) is 12.4 Å². The first kappa shape index (κ1) is 11.4. The molecule has 0 bridgehead atoms. The second kappa shape index (κ2) is 4.81. The molecule has 1 unspecified atom stereocenters. The van der Waals surface area contributed by atoms with E-state index < -0.39 is 0 Å². The number of rotatable bonds is 4. The zero-order valence-electron chi connectivity index (χ0n) is 9.92. The molecular formula is C12H23NO2. The molecule has 1 aliphatic heterocycles. The topological polar surface area (TPSA) is 30.5 Å². The van der Waals surface area contributed by atoms with E-state index in [9.17, 15) is 0 Å². The lowest BCUT2D eigenvalue weighted by atomic mass is 9.70. The quantitative estimate of drug-likeness (QED) is 0.769. The first-order valence-corrected chi connectivity index (χ1v) is 6.12. The molecule has 2 rings (SSSR count). The summed E-state index contributed by atoms with van der Waals surface area (Å²) in [6.45, 7) is 1.69. The fraction of sp³-hybridized carbons (Fsp3) is 1.00. The molecule has 0 amide bonds. The smallest absolute Gasteiger partial charge is 0.0877 e. The van der Waals surface area contributed by atoms with E-state index in [1.807, 2.05) is 7.11 Å². The van der Waals surface area contributed by atoms with Crippen molar-refractivity contribution in [2.75, 3.05) is 27.4 Å². The van der Waals surface area contributed by atoms with Crippen LogP contribution in [0.2, 0.25) is 0 Å². The highest BCUT2D eigenvalue weighted by atomic mass is 16.5. The molecule has 0 aromatic carbocycles. The van der Waals surface area contributed by atoms with Gasteiger partial charge < -0.3 is 14.8 Å². The van der Waals surface area contributed by atoms with Gasteiger partial charge in [0.25, 0.3) is 0 Å². The molecule has 88 valence electrons. The van der Waals surface area contributed by atoms with Gasteiger partial charge in [0.05, 0.1) is 5.60 Å². The summed E-state index contributed by atoms with van der Waals surface area (Å²) in [5.41, 5.74) is 0.0259. The monoisotopic (exact) mass is 213 g/mol. The van der Waals surface area contributed by atoms with Crippen LogP contribution in [0, 0.1) is 5.92 Å². The Morgan fingerprint density at radius 1 is 1.33 bits per heavy atom. The van der Waals surface area contributed by atoms with Crippen molar-refractivity contribution in [1.29, 1.82) is 0 Å². The molecule has 1 saturated carbocycles. The molecule has 1 saturated heterocycles. The second-order valence-electron chi connectivity index (χ2n) is 4.84. The van der Waals surface area contributed by atoms with Gasteiger partial charge in [-0.25, -0.2) is 0 Å². The van der Waals surface area contributed by atoms with E-state index in [0.717, 1.165) is 32.0 Å². The van der Waals surface area contributed by atoms with Crippen molar-refractivity contribution >= 4 is 0 Å². The summed E-state index contributed by atoms with van der Waals surface area (Å²) < 4.78 is 11.3. The lowest BCUT2D eigenvalue weighted by molar-refractivity contribution is -0.125. The van der Waals surface area contributed by atoms with Crippen LogP contribution >= 0.6 is 0 Å². The van der Waals surface area contributed by atoms with Crippen LogP contribution in [0.25, 0.3) is 0 Å². The predicted molar refractivity (Wildman–Crippen MR) is 60.0 cm³/mol. The van der Waals surface area contributed by atoms with Crippen LogP contribution in [-0.2, 0) is 9.47 Å². The van der Waals surface area contributed by atoms with Gasteiger partial charge in [-0.05, 0) is 25.8 Å². The van der Waals surface area contributed by atoms with Crippen LogP contribution in [0.3, 0.4) is 0 Å². The van der Waals surface area contributed by atoms with Crippen LogP contribution in [0.1, 0.15) is 32.1 Å². The zero-order valence-corrected chi connectivity index (χ0v) is 9.92. The highest BCUT2D eigenvalue weighted by Crippen LogP contribution is 2.39. The Balaban J connectivity index is 2.06. The summed E-state index contributed by atoms with van der Waals surface area (Å²) in [4.78, 5) is 0. The van der Waals surface area contributed by atoms with Gasteiger partial charge in [0, 0.05) is 39.2 Å². The number of hydrogen-bond donors (Lipinski definition) is 1. The molecule has 3 nitrogen and oxygen atoms in total. The van der Waals surface area contributed by atoms with Gasteiger partial charge in [-0.1, -0.05) is 6.42 Å².